The van der Waals surface area contributed by atoms with Gasteiger partial charge in [-0.3, -0.25) is 29.0 Å². The molecule has 14 nitrogen and oxygen atoms in total. The van der Waals surface area contributed by atoms with E-state index >= 15 is 0 Å². The highest BCUT2D eigenvalue weighted by atomic mass is 16.6. The van der Waals surface area contributed by atoms with Crippen molar-refractivity contribution in [2.24, 2.45) is 11.5 Å². The van der Waals surface area contributed by atoms with Gasteiger partial charge in [-0.25, -0.2) is 0 Å². The van der Waals surface area contributed by atoms with E-state index in [1.807, 2.05) is 24.3 Å². The van der Waals surface area contributed by atoms with Gasteiger partial charge in [-0.15, -0.1) is 0 Å². The average Bonchev–Trinajstić information content (AvgIpc) is 3.08. The maximum atomic E-state index is 11.0. The Bertz CT molecular complexity index is 1100. The van der Waals surface area contributed by atoms with Crippen LogP contribution in [0.5, 0.6) is 0 Å². The van der Waals surface area contributed by atoms with E-state index in [9.17, 15) is 19.2 Å². The number of hydrogen-bond donors (Lipinski definition) is 4. The lowest BCUT2D eigenvalue weighted by atomic mass is 10.0. The first-order chi connectivity index (χ1) is 22.7. The lowest BCUT2D eigenvalue weighted by molar-refractivity contribution is -0.170. The number of esters is 4. The highest BCUT2D eigenvalue weighted by Crippen LogP contribution is 2.22. The summed E-state index contributed by atoms with van der Waals surface area (Å²) >= 11 is 0. The molecule has 0 radical (unpaired) electrons. The number of carbonyl (C=O) groups is 4. The first-order valence-corrected chi connectivity index (χ1v) is 16.0. The van der Waals surface area contributed by atoms with Crippen LogP contribution in [0.1, 0.15) is 38.5 Å². The molecule has 4 aliphatic rings. The third-order valence-electron chi connectivity index (χ3n) is 7.56. The number of cyclic esters (lactones) is 4. The summed E-state index contributed by atoms with van der Waals surface area (Å²) in [6, 6.07) is 16.2. The molecule has 6 rings (SSSR count). The molecule has 14 heteroatoms. The SMILES string of the molecule is C1CCCCC1.CN.CN.Nc1ccc(N2CCN(c3ccc(N)cc3)CC2)cc1.O=C1CN(CN2CC(=O)OC(=O)C2)CC(=O)O1. The fourth-order valence-corrected chi connectivity index (χ4v) is 5.36. The van der Waals surface area contributed by atoms with Gasteiger partial charge in [-0.2, -0.15) is 0 Å². The number of nitrogens with two attached hydrogens (primary N) is 4. The van der Waals surface area contributed by atoms with Crippen LogP contribution in [-0.4, -0.2) is 107 Å². The number of hydrogen-bond acceptors (Lipinski definition) is 14. The van der Waals surface area contributed by atoms with Gasteiger partial charge in [0.2, 0.25) is 0 Å². The third kappa shape index (κ3) is 14.4. The van der Waals surface area contributed by atoms with Gasteiger partial charge >= 0.3 is 23.9 Å². The number of nitrogens with zero attached hydrogens (tertiary/aromatic N) is 4. The van der Waals surface area contributed by atoms with E-state index < -0.39 is 23.9 Å². The summed E-state index contributed by atoms with van der Waals surface area (Å²) in [4.78, 5) is 51.8. The van der Waals surface area contributed by atoms with Crippen LogP contribution in [0.3, 0.4) is 0 Å². The molecule has 0 spiro atoms. The Labute approximate surface area is 277 Å². The molecule has 260 valence electrons. The van der Waals surface area contributed by atoms with E-state index in [1.165, 1.54) is 73.8 Å². The lowest BCUT2D eigenvalue weighted by Crippen LogP contribution is -2.52. The molecule has 3 saturated heterocycles. The summed E-state index contributed by atoms with van der Waals surface area (Å²) in [6.45, 7) is 4.11. The number of ether oxygens (including phenoxy) is 2. The topological polar surface area (TPSA) is 204 Å². The number of nitrogen functional groups attached to an aromatic ring is 2. The zero-order valence-electron chi connectivity index (χ0n) is 27.8. The Kier molecular flexibility index (Phi) is 17.8. The number of benzene rings is 2. The second kappa shape index (κ2) is 21.5. The molecule has 0 unspecified atom stereocenters. The number of morpholine rings is 2. The summed E-state index contributed by atoms with van der Waals surface area (Å²) in [5.74, 6) is -2.53. The number of anilines is 4. The van der Waals surface area contributed by atoms with Gasteiger partial charge in [-0.05, 0) is 62.6 Å². The second-order valence-corrected chi connectivity index (χ2v) is 11.1. The van der Waals surface area contributed by atoms with E-state index in [-0.39, 0.29) is 32.8 Å². The van der Waals surface area contributed by atoms with E-state index in [4.69, 9.17) is 11.5 Å². The van der Waals surface area contributed by atoms with Crippen LogP contribution in [0, 0.1) is 0 Å². The molecule has 4 fully saturated rings. The minimum absolute atomic E-state index is 0.0362. The molecule has 2 aromatic carbocycles. The first kappa shape index (κ1) is 38.9. The van der Waals surface area contributed by atoms with Crippen molar-refractivity contribution >= 4 is 46.6 Å². The Morgan fingerprint density at radius 1 is 0.489 bits per heavy atom. The van der Waals surface area contributed by atoms with Crippen LogP contribution < -0.4 is 32.7 Å². The quantitative estimate of drug-likeness (QED) is 0.209. The summed E-state index contributed by atoms with van der Waals surface area (Å²) in [5, 5.41) is 0. The fraction of sp³-hybridized carbons (Fsp3) is 0.515. The van der Waals surface area contributed by atoms with Crippen molar-refractivity contribution in [3.63, 3.8) is 0 Å². The molecule has 8 N–H and O–H groups in total. The van der Waals surface area contributed by atoms with E-state index in [0.717, 1.165) is 37.6 Å². The van der Waals surface area contributed by atoms with Gasteiger partial charge in [-0.1, -0.05) is 38.5 Å². The number of rotatable bonds is 4. The highest BCUT2D eigenvalue weighted by Gasteiger charge is 2.30. The summed E-state index contributed by atoms with van der Waals surface area (Å²) < 4.78 is 8.70. The normalized spacial score (nSPS) is 18.4. The standard InChI is InChI=1S/C16H20N4.C9H10N2O6.C6H12.2CH5N/c17-13-1-5-15(6-2-13)19-9-11-20(12-10-19)16-7-3-14(18)4-8-16;12-6-1-10(2-7(13)16-6)5-11-3-8(14)17-9(15)4-11;1-2-4-6-5-3-1;2*1-2/h1-8H,9-12,17-18H2;1-5H2;1-6H2;2*2H2,1H3. The molecule has 2 aromatic rings. The zero-order valence-corrected chi connectivity index (χ0v) is 27.8. The van der Waals surface area contributed by atoms with Crippen LogP contribution >= 0.6 is 0 Å². The first-order valence-electron chi connectivity index (χ1n) is 16.0. The smallest absolute Gasteiger partial charge is 0.327 e. The fourth-order valence-electron chi connectivity index (χ4n) is 5.36. The van der Waals surface area contributed by atoms with E-state index in [0.29, 0.717) is 0 Å². The predicted molar refractivity (Wildman–Crippen MR) is 184 cm³/mol. The van der Waals surface area contributed by atoms with Crippen molar-refractivity contribution in [3.8, 4) is 0 Å². The highest BCUT2D eigenvalue weighted by molar-refractivity contribution is 5.91. The van der Waals surface area contributed by atoms with Gasteiger partial charge in [0.05, 0.1) is 32.8 Å². The van der Waals surface area contributed by atoms with Crippen molar-refractivity contribution in [3.05, 3.63) is 48.5 Å². The van der Waals surface area contributed by atoms with Gasteiger partial charge in [0.15, 0.2) is 0 Å². The van der Waals surface area contributed by atoms with Gasteiger partial charge < -0.3 is 42.2 Å². The van der Waals surface area contributed by atoms with Crippen molar-refractivity contribution in [2.75, 3.05) is 94.4 Å². The average molecular weight is 657 g/mol. The zero-order chi connectivity index (χ0) is 34.6. The second-order valence-electron chi connectivity index (χ2n) is 11.1. The van der Waals surface area contributed by atoms with Crippen LogP contribution in [0.2, 0.25) is 0 Å². The molecule has 0 bridgehead atoms. The van der Waals surface area contributed by atoms with Crippen molar-refractivity contribution in [1.29, 1.82) is 0 Å². The molecule has 0 atom stereocenters. The molecule has 3 aliphatic heterocycles. The Balaban J connectivity index is 0.000000257. The molecule has 0 amide bonds. The Morgan fingerprint density at radius 2 is 0.745 bits per heavy atom. The van der Waals surface area contributed by atoms with Crippen LogP contribution in [-0.2, 0) is 28.7 Å². The number of piperazine rings is 1. The maximum Gasteiger partial charge on any atom is 0.327 e. The third-order valence-corrected chi connectivity index (χ3v) is 7.56. The summed E-state index contributed by atoms with van der Waals surface area (Å²) in [7, 11) is 3.00. The molecule has 3 heterocycles. The van der Waals surface area contributed by atoms with Crippen molar-refractivity contribution < 1.29 is 28.7 Å². The van der Waals surface area contributed by atoms with Crippen molar-refractivity contribution in [2.45, 2.75) is 38.5 Å². The summed E-state index contributed by atoms with van der Waals surface area (Å²) in [6.07, 6.45) is 9.00. The summed E-state index contributed by atoms with van der Waals surface area (Å²) in [5.41, 5.74) is 24.6. The molecule has 47 heavy (non-hydrogen) atoms. The molecule has 0 aromatic heterocycles. The van der Waals surface area contributed by atoms with E-state index in [2.05, 4.69) is 55.0 Å². The Hall–Kier alpha value is -4.24. The van der Waals surface area contributed by atoms with Gasteiger partial charge in [0, 0.05) is 48.9 Å². The van der Waals surface area contributed by atoms with Crippen LogP contribution in [0.4, 0.5) is 22.7 Å². The molecule has 1 saturated carbocycles. The molecule has 1 aliphatic carbocycles. The van der Waals surface area contributed by atoms with Gasteiger partial charge in [0.1, 0.15) is 0 Å². The van der Waals surface area contributed by atoms with Crippen molar-refractivity contribution in [1.82, 2.24) is 9.80 Å². The Morgan fingerprint density at radius 3 is 1.00 bits per heavy atom. The lowest BCUT2D eigenvalue weighted by Gasteiger charge is -2.37. The number of carbonyl (C=O) groups excluding carboxylic acids is 4. The minimum Gasteiger partial charge on any atom is -0.399 e. The van der Waals surface area contributed by atoms with Crippen LogP contribution in [0.15, 0.2) is 48.5 Å². The largest absolute Gasteiger partial charge is 0.399 e. The minimum atomic E-state index is -0.632. The maximum absolute atomic E-state index is 11.0. The molecular weight excluding hydrogens is 604 g/mol. The monoisotopic (exact) mass is 656 g/mol. The van der Waals surface area contributed by atoms with E-state index in [1.54, 1.807) is 0 Å². The predicted octanol–water partition coefficient (Wildman–Crippen LogP) is 1.38. The van der Waals surface area contributed by atoms with Crippen LogP contribution in [0.25, 0.3) is 0 Å². The van der Waals surface area contributed by atoms with Gasteiger partial charge in [0.25, 0.3) is 0 Å². The molecular formula is C33H52N8O6.